The van der Waals surface area contributed by atoms with Gasteiger partial charge >= 0.3 is 0 Å². The van der Waals surface area contributed by atoms with Gasteiger partial charge in [0.05, 0.1) is 6.10 Å². The van der Waals surface area contributed by atoms with Crippen LogP contribution in [-0.2, 0) is 6.42 Å². The Kier molecular flexibility index (Phi) is 4.32. The molecule has 0 aliphatic carbocycles. The van der Waals surface area contributed by atoms with Crippen LogP contribution in [0.5, 0.6) is 0 Å². The fourth-order valence-corrected chi connectivity index (χ4v) is 2.11. The van der Waals surface area contributed by atoms with Crippen molar-refractivity contribution >= 4 is 0 Å². The van der Waals surface area contributed by atoms with E-state index in [-0.39, 0.29) is 5.92 Å². The van der Waals surface area contributed by atoms with Crippen molar-refractivity contribution in [3.05, 3.63) is 84.4 Å². The molecule has 0 fully saturated rings. The normalized spacial score (nSPS) is 13.8. The van der Waals surface area contributed by atoms with Gasteiger partial charge in [-0.25, -0.2) is 0 Å². The van der Waals surface area contributed by atoms with E-state index in [0.29, 0.717) is 0 Å². The van der Waals surface area contributed by atoms with Gasteiger partial charge in [-0.2, -0.15) is 0 Å². The van der Waals surface area contributed by atoms with Crippen molar-refractivity contribution < 1.29 is 5.11 Å². The largest absolute Gasteiger partial charge is 0.388 e. The Hall–Kier alpha value is -1.86. The van der Waals surface area contributed by atoms with Crippen molar-refractivity contribution in [2.45, 2.75) is 12.5 Å². The molecule has 1 N–H and O–H groups in total. The second kappa shape index (κ2) is 6.18. The van der Waals surface area contributed by atoms with Crippen molar-refractivity contribution in [3.8, 4) is 0 Å². The molecule has 92 valence electrons. The fourth-order valence-electron chi connectivity index (χ4n) is 2.11. The zero-order valence-corrected chi connectivity index (χ0v) is 10.4. The molecule has 0 saturated heterocycles. The second-order valence-corrected chi connectivity index (χ2v) is 4.44. The number of rotatable bonds is 5. The monoisotopic (exact) mass is 238 g/mol. The minimum Gasteiger partial charge on any atom is -0.388 e. The van der Waals surface area contributed by atoms with Crippen LogP contribution >= 0.6 is 0 Å². The molecule has 0 aliphatic rings. The number of hydrogen-bond acceptors (Lipinski definition) is 1. The maximum atomic E-state index is 10.4. The quantitative estimate of drug-likeness (QED) is 0.786. The van der Waals surface area contributed by atoms with Gasteiger partial charge in [-0.3, -0.25) is 0 Å². The van der Waals surface area contributed by atoms with E-state index in [9.17, 15) is 5.11 Å². The first-order valence-electron chi connectivity index (χ1n) is 6.20. The summed E-state index contributed by atoms with van der Waals surface area (Å²) in [6.45, 7) is 3.84. The molecule has 1 nitrogen and oxygen atoms in total. The Balaban J connectivity index is 2.12. The lowest BCUT2D eigenvalue weighted by Gasteiger charge is -2.20. The van der Waals surface area contributed by atoms with Gasteiger partial charge in [0.2, 0.25) is 0 Å². The Bertz CT molecular complexity index is 475. The summed E-state index contributed by atoms with van der Waals surface area (Å²) >= 11 is 0. The Morgan fingerprint density at radius 2 is 1.50 bits per heavy atom. The molecule has 2 rings (SSSR count). The highest BCUT2D eigenvalue weighted by molar-refractivity contribution is 5.22. The van der Waals surface area contributed by atoms with Gasteiger partial charge in [0, 0.05) is 5.92 Å². The maximum Gasteiger partial charge on any atom is 0.0855 e. The molecule has 2 atom stereocenters. The molecule has 0 saturated carbocycles. The van der Waals surface area contributed by atoms with E-state index in [4.69, 9.17) is 0 Å². The molecule has 0 heterocycles. The van der Waals surface area contributed by atoms with Crippen LogP contribution in [0, 0.1) is 5.92 Å². The predicted molar refractivity (Wildman–Crippen MR) is 75.2 cm³/mol. The molecule has 2 aromatic carbocycles. The van der Waals surface area contributed by atoms with Crippen molar-refractivity contribution in [1.29, 1.82) is 0 Å². The van der Waals surface area contributed by atoms with E-state index in [2.05, 4.69) is 18.7 Å². The highest BCUT2D eigenvalue weighted by Gasteiger charge is 2.17. The Labute approximate surface area is 108 Å². The fraction of sp³-hybridized carbons (Fsp3) is 0.176. The molecule has 1 heteroatoms. The minimum atomic E-state index is -0.496. The zero-order valence-electron chi connectivity index (χ0n) is 10.4. The number of hydrogen-bond donors (Lipinski definition) is 1. The standard InChI is InChI=1S/C17H18O/c1-2-15(13-14-9-5-3-6-10-14)17(18)16-11-7-4-8-12-16/h2-12,15,17-18H,1,13H2/t15-,17+/m0/s1. The lowest BCUT2D eigenvalue weighted by molar-refractivity contribution is 0.131. The third-order valence-electron chi connectivity index (χ3n) is 3.16. The summed E-state index contributed by atoms with van der Waals surface area (Å²) in [5, 5.41) is 10.4. The van der Waals surface area contributed by atoms with E-state index >= 15 is 0 Å². The molecule has 0 amide bonds. The first-order valence-corrected chi connectivity index (χ1v) is 6.20. The van der Waals surface area contributed by atoms with E-state index in [0.717, 1.165) is 12.0 Å². The summed E-state index contributed by atoms with van der Waals surface area (Å²) in [5.74, 6) is 0.0369. The number of aliphatic hydroxyl groups excluding tert-OH is 1. The van der Waals surface area contributed by atoms with Gasteiger partial charge in [-0.15, -0.1) is 6.58 Å². The second-order valence-electron chi connectivity index (χ2n) is 4.44. The summed E-state index contributed by atoms with van der Waals surface area (Å²) in [6.07, 6.45) is 2.15. The summed E-state index contributed by atoms with van der Waals surface area (Å²) in [7, 11) is 0. The molecule has 0 aromatic heterocycles. The van der Waals surface area contributed by atoms with Crippen LogP contribution in [0.3, 0.4) is 0 Å². The molecule has 0 spiro atoms. The highest BCUT2D eigenvalue weighted by Crippen LogP contribution is 2.25. The molecule has 2 aromatic rings. The summed E-state index contributed by atoms with van der Waals surface area (Å²) < 4.78 is 0. The van der Waals surface area contributed by atoms with Gasteiger partial charge in [0.15, 0.2) is 0 Å². The molecule has 18 heavy (non-hydrogen) atoms. The Morgan fingerprint density at radius 1 is 0.944 bits per heavy atom. The molecule has 0 aliphatic heterocycles. The smallest absolute Gasteiger partial charge is 0.0855 e. The SMILES string of the molecule is C=C[C@@H](Cc1ccccc1)[C@@H](O)c1ccccc1. The third kappa shape index (κ3) is 3.08. The highest BCUT2D eigenvalue weighted by atomic mass is 16.3. The molecule has 0 unspecified atom stereocenters. The van der Waals surface area contributed by atoms with Crippen molar-refractivity contribution in [2.75, 3.05) is 0 Å². The first kappa shape index (κ1) is 12.6. The summed E-state index contributed by atoms with van der Waals surface area (Å²) in [5.41, 5.74) is 2.16. The molecular formula is C17H18O. The van der Waals surface area contributed by atoms with Crippen LogP contribution in [0.25, 0.3) is 0 Å². The van der Waals surface area contributed by atoms with Gasteiger partial charge in [-0.1, -0.05) is 66.7 Å². The first-order chi connectivity index (χ1) is 8.81. The van der Waals surface area contributed by atoms with Crippen LogP contribution < -0.4 is 0 Å². The van der Waals surface area contributed by atoms with Crippen molar-refractivity contribution in [2.24, 2.45) is 5.92 Å². The van der Waals surface area contributed by atoms with Crippen LogP contribution in [0.4, 0.5) is 0 Å². The van der Waals surface area contributed by atoms with Crippen molar-refractivity contribution in [1.82, 2.24) is 0 Å². The minimum absolute atomic E-state index is 0.0369. The predicted octanol–water partition coefficient (Wildman–Crippen LogP) is 3.76. The van der Waals surface area contributed by atoms with Crippen molar-refractivity contribution in [3.63, 3.8) is 0 Å². The molecule has 0 radical (unpaired) electrons. The number of benzene rings is 2. The average Bonchev–Trinajstić information content (AvgIpc) is 2.46. The lowest BCUT2D eigenvalue weighted by Crippen LogP contribution is -2.13. The average molecular weight is 238 g/mol. The maximum absolute atomic E-state index is 10.4. The van der Waals surface area contributed by atoms with Crippen LogP contribution in [0.2, 0.25) is 0 Å². The topological polar surface area (TPSA) is 20.2 Å². The Morgan fingerprint density at radius 3 is 2.06 bits per heavy atom. The van der Waals surface area contributed by atoms with E-state index in [1.807, 2.05) is 54.6 Å². The van der Waals surface area contributed by atoms with Crippen LogP contribution in [0.15, 0.2) is 73.3 Å². The van der Waals surface area contributed by atoms with Gasteiger partial charge in [0.25, 0.3) is 0 Å². The molecule has 0 bridgehead atoms. The van der Waals surface area contributed by atoms with E-state index < -0.39 is 6.10 Å². The van der Waals surface area contributed by atoms with Gasteiger partial charge < -0.3 is 5.11 Å². The van der Waals surface area contributed by atoms with Gasteiger partial charge in [0.1, 0.15) is 0 Å². The summed E-state index contributed by atoms with van der Waals surface area (Å²) in [6, 6.07) is 19.9. The van der Waals surface area contributed by atoms with E-state index in [1.54, 1.807) is 0 Å². The number of aliphatic hydroxyl groups is 1. The third-order valence-corrected chi connectivity index (χ3v) is 3.16. The van der Waals surface area contributed by atoms with E-state index in [1.165, 1.54) is 5.56 Å². The van der Waals surface area contributed by atoms with Crippen LogP contribution in [0.1, 0.15) is 17.2 Å². The zero-order chi connectivity index (χ0) is 12.8. The van der Waals surface area contributed by atoms with Gasteiger partial charge in [-0.05, 0) is 17.5 Å². The van der Waals surface area contributed by atoms with Crippen LogP contribution in [-0.4, -0.2) is 5.11 Å². The lowest BCUT2D eigenvalue weighted by atomic mass is 9.90. The molecular weight excluding hydrogens is 220 g/mol. The summed E-state index contributed by atoms with van der Waals surface area (Å²) in [4.78, 5) is 0.